The van der Waals surface area contributed by atoms with Gasteiger partial charge in [-0.25, -0.2) is 38.8 Å². The van der Waals surface area contributed by atoms with Gasteiger partial charge in [0.2, 0.25) is 17.8 Å². The van der Waals surface area contributed by atoms with Gasteiger partial charge in [0.15, 0.2) is 17.0 Å². The molecule has 0 bridgehead atoms. The lowest BCUT2D eigenvalue weighted by atomic mass is 10.1. The molecule has 2 aromatic carbocycles. The number of hydrogen-bond acceptors (Lipinski definition) is 26. The molecule has 0 saturated heterocycles. The molecule has 0 saturated carbocycles. The number of amides is 2. The Morgan fingerprint density at radius 3 is 2.00 bits per heavy atom. The standard InChI is InChI=1S/C65H87FN18O12/c1-65(2,3)96-62(87)53(74-61(86)47-9-13-51(14-10-47)82(6)42-49-40-72-60-57(73-49)59(67)77-63(68)78-60)15-16-55(85)69-20-24-88-27-30-91-33-34-93-32-29-90-26-23-83-43-50(79-80-83)44-95-38-37-94-36-35-92-31-28-89-25-21-71-64-70-19-17-52(75-64)58-56(46-7-11-48(66)12-8-46)76-54-39-45(41-81(4)5)18-22-84(54)58/h7-14,17-19,22,39-40,43,53H,15-16,20-21,23-38,41-42,44H2,1-6H3,(H,69,85)(H,74,86)(H,70,71,75)(H4,67,68,72,77,78)/t53-/m0/s1. The first-order valence-electron chi connectivity index (χ1n) is 31.6. The predicted molar refractivity (Wildman–Crippen MR) is 355 cm³/mol. The van der Waals surface area contributed by atoms with Gasteiger partial charge < -0.3 is 79.8 Å². The molecular formula is C65H87FN18O12. The van der Waals surface area contributed by atoms with Gasteiger partial charge in [0.05, 0.1) is 154 Å². The number of hydrogen-bond donors (Lipinski definition) is 5. The molecule has 30 nitrogen and oxygen atoms in total. The number of rotatable bonds is 43. The molecule has 0 fully saturated rings. The van der Waals surface area contributed by atoms with E-state index in [1.54, 1.807) is 74.2 Å². The summed E-state index contributed by atoms with van der Waals surface area (Å²) in [5.74, 6) is -1.20. The fraction of sp³-hybridized carbons (Fsp3) is 0.477. The summed E-state index contributed by atoms with van der Waals surface area (Å²) in [6.07, 6.45) is 7.05. The number of esters is 1. The summed E-state index contributed by atoms with van der Waals surface area (Å²) in [5, 5.41) is 17.1. The van der Waals surface area contributed by atoms with Crippen molar-refractivity contribution >= 4 is 58.0 Å². The van der Waals surface area contributed by atoms with E-state index in [4.69, 9.17) is 64.1 Å². The number of ether oxygens (including phenoxy) is 9. The number of nitrogens with zero attached hydrogens (tertiary/aromatic N) is 13. The van der Waals surface area contributed by atoms with E-state index in [-0.39, 0.29) is 49.5 Å². The molecule has 8 aromatic rings. The number of anilines is 4. The molecule has 0 aliphatic heterocycles. The van der Waals surface area contributed by atoms with Crippen molar-refractivity contribution in [2.24, 2.45) is 0 Å². The van der Waals surface area contributed by atoms with Gasteiger partial charge in [-0.05, 0) is 114 Å². The minimum Gasteiger partial charge on any atom is -0.458 e. The first-order valence-corrected chi connectivity index (χ1v) is 31.6. The number of fused-ring (bicyclic) bond motifs is 2. The summed E-state index contributed by atoms with van der Waals surface area (Å²) in [5.41, 5.74) is 18.7. The number of nitrogen functional groups attached to an aromatic ring is 2. The molecule has 0 unspecified atom stereocenters. The molecule has 6 aromatic heterocycles. The fourth-order valence-corrected chi connectivity index (χ4v) is 9.44. The van der Waals surface area contributed by atoms with Crippen LogP contribution in [0, 0.1) is 5.82 Å². The number of benzene rings is 2. The molecule has 0 aliphatic rings. The number of nitrogens with one attached hydrogen (secondary N) is 3. The number of pyridine rings is 1. The van der Waals surface area contributed by atoms with Crippen LogP contribution in [-0.2, 0) is 78.5 Å². The zero-order valence-electron chi connectivity index (χ0n) is 55.2. The van der Waals surface area contributed by atoms with Crippen LogP contribution in [0.15, 0.2) is 91.5 Å². The molecule has 6 heterocycles. The third-order valence-corrected chi connectivity index (χ3v) is 14.0. The quantitative estimate of drug-likeness (QED) is 0.0258. The van der Waals surface area contributed by atoms with Crippen molar-refractivity contribution in [3.8, 4) is 22.6 Å². The molecule has 7 N–H and O–H groups in total. The van der Waals surface area contributed by atoms with Crippen LogP contribution in [0.4, 0.5) is 27.8 Å². The highest BCUT2D eigenvalue weighted by atomic mass is 19.1. The molecule has 0 spiro atoms. The van der Waals surface area contributed by atoms with Crippen LogP contribution in [0.3, 0.4) is 0 Å². The van der Waals surface area contributed by atoms with E-state index in [0.717, 1.165) is 34.7 Å². The summed E-state index contributed by atoms with van der Waals surface area (Å²) < 4.78 is 68.3. The Morgan fingerprint density at radius 1 is 0.688 bits per heavy atom. The van der Waals surface area contributed by atoms with E-state index in [2.05, 4.69) is 68.2 Å². The maximum Gasteiger partial charge on any atom is 0.329 e. The molecular weight excluding hydrogens is 1240 g/mol. The average Bonchev–Trinajstić information content (AvgIpc) is 1.59. The van der Waals surface area contributed by atoms with Crippen molar-refractivity contribution in [1.29, 1.82) is 0 Å². The number of carbonyl (C=O) groups excluding carboxylic acids is 3. The normalized spacial score (nSPS) is 12.0. The van der Waals surface area contributed by atoms with Crippen LogP contribution in [0.25, 0.3) is 39.5 Å². The lowest BCUT2D eigenvalue weighted by Gasteiger charge is -2.24. The minimum absolute atomic E-state index is 0.0114. The summed E-state index contributed by atoms with van der Waals surface area (Å²) in [6.45, 7) is 13.6. The third kappa shape index (κ3) is 24.3. The first-order chi connectivity index (χ1) is 46.4. The average molecular weight is 1330 g/mol. The number of carbonyl (C=O) groups is 3. The minimum atomic E-state index is -1.08. The van der Waals surface area contributed by atoms with Crippen LogP contribution in [0.1, 0.15) is 60.9 Å². The number of imidazole rings is 1. The van der Waals surface area contributed by atoms with Crippen LogP contribution in [0.2, 0.25) is 0 Å². The number of halogens is 1. The Bertz CT molecular complexity index is 3710. The Balaban J connectivity index is 0.579. The first kappa shape index (κ1) is 72.8. The molecule has 2 amide bonds. The largest absolute Gasteiger partial charge is 0.458 e. The summed E-state index contributed by atoms with van der Waals surface area (Å²) in [4.78, 5) is 74.4. The lowest BCUT2D eigenvalue weighted by molar-refractivity contribution is -0.157. The topological polar surface area (TPSA) is 354 Å². The molecule has 0 radical (unpaired) electrons. The maximum atomic E-state index is 13.9. The molecule has 96 heavy (non-hydrogen) atoms. The van der Waals surface area contributed by atoms with E-state index in [1.165, 1.54) is 12.1 Å². The Labute approximate surface area is 556 Å². The highest BCUT2D eigenvalue weighted by Crippen LogP contribution is 2.33. The highest BCUT2D eigenvalue weighted by molar-refractivity contribution is 5.97. The van der Waals surface area contributed by atoms with Gasteiger partial charge in [0.25, 0.3) is 5.91 Å². The lowest BCUT2D eigenvalue weighted by Crippen LogP contribution is -2.45. The van der Waals surface area contributed by atoms with Gasteiger partial charge in [-0.15, -0.1) is 5.10 Å². The number of nitrogens with two attached hydrogens (primary N) is 2. The second kappa shape index (κ2) is 37.9. The second-order valence-corrected chi connectivity index (χ2v) is 23.2. The van der Waals surface area contributed by atoms with Crippen LogP contribution in [0.5, 0.6) is 0 Å². The smallest absolute Gasteiger partial charge is 0.329 e. The van der Waals surface area contributed by atoms with Gasteiger partial charge in [-0.3, -0.25) is 14.0 Å². The molecule has 0 aliphatic carbocycles. The fourth-order valence-electron chi connectivity index (χ4n) is 9.44. The van der Waals surface area contributed by atoms with Crippen LogP contribution < -0.4 is 32.3 Å². The monoisotopic (exact) mass is 1330 g/mol. The SMILES string of the molecule is CN(C)Cc1ccn2c(-c3ccnc(NCCOCCOCCOCCOCc4cn(CCOCCOCCOCCOCCNC(=O)CC[C@H](NC(=O)c5ccc(N(C)Cc6cnc7nc(N)nc(N)c7n6)cc5)C(=O)OC(C)(C)C)nn4)n3)c(-c3ccc(F)cc3)nc2c1. The Morgan fingerprint density at radius 2 is 1.33 bits per heavy atom. The van der Waals surface area contributed by atoms with Crippen molar-refractivity contribution in [1.82, 2.24) is 69.8 Å². The molecule has 8 rings (SSSR count). The zero-order chi connectivity index (χ0) is 68.1. The summed E-state index contributed by atoms with van der Waals surface area (Å²) >= 11 is 0. The van der Waals surface area contributed by atoms with E-state index < -0.39 is 23.5 Å². The Hall–Kier alpha value is -9.05. The van der Waals surface area contributed by atoms with Crippen molar-refractivity contribution in [2.75, 3.05) is 155 Å². The van der Waals surface area contributed by atoms with Crippen molar-refractivity contribution in [3.05, 3.63) is 120 Å². The van der Waals surface area contributed by atoms with Gasteiger partial charge >= 0.3 is 5.97 Å². The Kier molecular flexibility index (Phi) is 28.7. The second-order valence-electron chi connectivity index (χ2n) is 23.2. The molecule has 31 heteroatoms. The van der Waals surface area contributed by atoms with Gasteiger partial charge in [-0.2, -0.15) is 9.97 Å². The van der Waals surface area contributed by atoms with E-state index in [1.807, 2.05) is 48.9 Å². The van der Waals surface area contributed by atoms with Crippen molar-refractivity contribution in [2.45, 2.75) is 71.5 Å². The van der Waals surface area contributed by atoms with Gasteiger partial charge in [0.1, 0.15) is 28.8 Å². The van der Waals surface area contributed by atoms with Crippen molar-refractivity contribution < 1.29 is 61.4 Å². The highest BCUT2D eigenvalue weighted by Gasteiger charge is 2.28. The number of aromatic nitrogens is 11. The van der Waals surface area contributed by atoms with Crippen molar-refractivity contribution in [3.63, 3.8) is 0 Å². The predicted octanol–water partition coefficient (Wildman–Crippen LogP) is 4.57. The summed E-state index contributed by atoms with van der Waals surface area (Å²) in [7, 11) is 5.89. The molecule has 516 valence electrons. The van der Waals surface area contributed by atoms with Crippen LogP contribution >= 0.6 is 0 Å². The molecule has 1 atom stereocenters. The third-order valence-electron chi connectivity index (χ3n) is 14.0. The maximum absolute atomic E-state index is 13.9. The van der Waals surface area contributed by atoms with Crippen LogP contribution in [-0.4, -0.2) is 222 Å². The van der Waals surface area contributed by atoms with E-state index >= 15 is 0 Å². The van der Waals surface area contributed by atoms with Gasteiger partial charge in [-0.1, -0.05) is 5.21 Å². The zero-order valence-corrected chi connectivity index (χ0v) is 55.2. The van der Waals surface area contributed by atoms with Gasteiger partial charge in [0, 0.05) is 62.3 Å². The van der Waals surface area contributed by atoms with E-state index in [0.29, 0.717) is 164 Å². The van der Waals surface area contributed by atoms with E-state index in [9.17, 15) is 18.8 Å². The summed E-state index contributed by atoms with van der Waals surface area (Å²) in [6, 6.07) is 18.0.